The van der Waals surface area contributed by atoms with Crippen LogP contribution in [0.5, 0.6) is 0 Å². The molecule has 0 atom stereocenters. The number of hydrogen-bond acceptors (Lipinski definition) is 4. The molecule has 5 nitrogen and oxygen atoms in total. The van der Waals surface area contributed by atoms with Gasteiger partial charge in [-0.1, -0.05) is 6.07 Å². The number of halogens is 1. The average molecular weight is 308 g/mol. The SMILES string of the molecule is Cc1ccc(Nc2ccc(C(=O)O)nn2)c(Br)c1. The van der Waals surface area contributed by atoms with E-state index in [9.17, 15) is 4.79 Å². The van der Waals surface area contributed by atoms with E-state index in [0.717, 1.165) is 15.7 Å². The Hall–Kier alpha value is -1.95. The summed E-state index contributed by atoms with van der Waals surface area (Å²) in [6, 6.07) is 8.82. The molecule has 0 aliphatic rings. The monoisotopic (exact) mass is 307 g/mol. The van der Waals surface area contributed by atoms with Gasteiger partial charge in [0.25, 0.3) is 0 Å². The van der Waals surface area contributed by atoms with E-state index in [2.05, 4.69) is 31.4 Å². The quantitative estimate of drug-likeness (QED) is 0.911. The molecule has 1 heterocycles. The molecule has 2 N–H and O–H groups in total. The summed E-state index contributed by atoms with van der Waals surface area (Å²) in [6.07, 6.45) is 0. The highest BCUT2D eigenvalue weighted by atomic mass is 79.9. The maximum absolute atomic E-state index is 10.6. The molecule has 92 valence electrons. The zero-order valence-electron chi connectivity index (χ0n) is 9.51. The van der Waals surface area contributed by atoms with Crippen molar-refractivity contribution >= 4 is 33.4 Å². The summed E-state index contributed by atoms with van der Waals surface area (Å²) in [4.78, 5) is 10.6. The summed E-state index contributed by atoms with van der Waals surface area (Å²) in [5, 5.41) is 19.2. The summed E-state index contributed by atoms with van der Waals surface area (Å²) in [7, 11) is 0. The van der Waals surface area contributed by atoms with Gasteiger partial charge in [-0.05, 0) is 52.7 Å². The van der Waals surface area contributed by atoms with Gasteiger partial charge in [-0.25, -0.2) is 4.79 Å². The van der Waals surface area contributed by atoms with Crippen molar-refractivity contribution in [1.82, 2.24) is 10.2 Å². The van der Waals surface area contributed by atoms with Crippen LogP contribution in [0.2, 0.25) is 0 Å². The van der Waals surface area contributed by atoms with Crippen molar-refractivity contribution in [3.63, 3.8) is 0 Å². The van der Waals surface area contributed by atoms with Crippen molar-refractivity contribution in [2.75, 3.05) is 5.32 Å². The maximum Gasteiger partial charge on any atom is 0.356 e. The van der Waals surface area contributed by atoms with Gasteiger partial charge in [-0.2, -0.15) is 0 Å². The Morgan fingerprint density at radius 3 is 2.61 bits per heavy atom. The highest BCUT2D eigenvalue weighted by Crippen LogP contribution is 2.25. The third kappa shape index (κ3) is 2.84. The van der Waals surface area contributed by atoms with Gasteiger partial charge in [0.15, 0.2) is 11.5 Å². The van der Waals surface area contributed by atoms with Crippen molar-refractivity contribution in [3.8, 4) is 0 Å². The van der Waals surface area contributed by atoms with E-state index >= 15 is 0 Å². The highest BCUT2D eigenvalue weighted by Gasteiger charge is 2.06. The van der Waals surface area contributed by atoms with E-state index < -0.39 is 5.97 Å². The van der Waals surface area contributed by atoms with Gasteiger partial charge >= 0.3 is 5.97 Å². The van der Waals surface area contributed by atoms with Crippen LogP contribution in [0.4, 0.5) is 11.5 Å². The van der Waals surface area contributed by atoms with Crippen molar-refractivity contribution in [1.29, 1.82) is 0 Å². The number of carbonyl (C=O) groups is 1. The minimum atomic E-state index is -1.09. The molecule has 0 aliphatic heterocycles. The summed E-state index contributed by atoms with van der Waals surface area (Å²) in [5.41, 5.74) is 1.90. The van der Waals surface area contributed by atoms with E-state index in [4.69, 9.17) is 5.11 Å². The maximum atomic E-state index is 10.6. The Kier molecular flexibility index (Phi) is 3.57. The van der Waals surface area contributed by atoms with Crippen LogP contribution in [0.15, 0.2) is 34.8 Å². The molecule has 0 saturated heterocycles. The van der Waals surface area contributed by atoms with Crippen LogP contribution in [0.25, 0.3) is 0 Å². The molecule has 1 aromatic heterocycles. The molecule has 0 radical (unpaired) electrons. The van der Waals surface area contributed by atoms with Crippen molar-refractivity contribution in [3.05, 3.63) is 46.1 Å². The molecule has 0 aliphatic carbocycles. The van der Waals surface area contributed by atoms with Gasteiger partial charge in [-0.3, -0.25) is 0 Å². The molecule has 0 unspecified atom stereocenters. The largest absolute Gasteiger partial charge is 0.476 e. The van der Waals surface area contributed by atoms with E-state index in [1.165, 1.54) is 6.07 Å². The first-order valence-electron chi connectivity index (χ1n) is 5.16. The lowest BCUT2D eigenvalue weighted by Gasteiger charge is -2.07. The van der Waals surface area contributed by atoms with E-state index in [1.807, 2.05) is 25.1 Å². The highest BCUT2D eigenvalue weighted by molar-refractivity contribution is 9.10. The van der Waals surface area contributed by atoms with Gasteiger partial charge in [0.05, 0.1) is 5.69 Å². The second-order valence-electron chi connectivity index (χ2n) is 3.72. The van der Waals surface area contributed by atoms with Crippen LogP contribution in [-0.4, -0.2) is 21.3 Å². The lowest BCUT2D eigenvalue weighted by molar-refractivity contribution is 0.0689. The number of carboxylic acids is 1. The van der Waals surface area contributed by atoms with Crippen LogP contribution in [-0.2, 0) is 0 Å². The van der Waals surface area contributed by atoms with E-state index in [1.54, 1.807) is 6.07 Å². The molecule has 0 bridgehead atoms. The molecule has 0 fully saturated rings. The summed E-state index contributed by atoms with van der Waals surface area (Å²) in [6.45, 7) is 2.00. The predicted octanol–water partition coefficient (Wildman–Crippen LogP) is 2.99. The van der Waals surface area contributed by atoms with Gasteiger partial charge < -0.3 is 10.4 Å². The third-order valence-electron chi connectivity index (χ3n) is 2.27. The zero-order chi connectivity index (χ0) is 13.1. The molecule has 0 amide bonds. The number of rotatable bonds is 3. The van der Waals surface area contributed by atoms with E-state index in [0.29, 0.717) is 5.82 Å². The van der Waals surface area contributed by atoms with Crippen LogP contribution in [0, 0.1) is 6.92 Å². The van der Waals surface area contributed by atoms with Crippen molar-refractivity contribution in [2.45, 2.75) is 6.92 Å². The van der Waals surface area contributed by atoms with Gasteiger partial charge in [0.1, 0.15) is 0 Å². The number of aryl methyl sites for hydroxylation is 1. The molecule has 2 rings (SSSR count). The number of nitrogens with zero attached hydrogens (tertiary/aromatic N) is 2. The number of hydrogen-bond donors (Lipinski definition) is 2. The fraction of sp³-hybridized carbons (Fsp3) is 0.0833. The molecule has 6 heteroatoms. The van der Waals surface area contributed by atoms with E-state index in [-0.39, 0.29) is 5.69 Å². The minimum absolute atomic E-state index is 0.0801. The zero-order valence-corrected chi connectivity index (χ0v) is 11.1. The summed E-state index contributed by atoms with van der Waals surface area (Å²) >= 11 is 3.44. The Morgan fingerprint density at radius 2 is 2.06 bits per heavy atom. The second-order valence-corrected chi connectivity index (χ2v) is 4.57. The van der Waals surface area contributed by atoms with Crippen LogP contribution in [0.3, 0.4) is 0 Å². The van der Waals surface area contributed by atoms with Crippen molar-refractivity contribution in [2.24, 2.45) is 0 Å². The van der Waals surface area contributed by atoms with Crippen LogP contribution in [0.1, 0.15) is 16.1 Å². The van der Waals surface area contributed by atoms with Crippen molar-refractivity contribution < 1.29 is 9.90 Å². The first kappa shape index (κ1) is 12.5. The molecule has 18 heavy (non-hydrogen) atoms. The minimum Gasteiger partial charge on any atom is -0.476 e. The first-order valence-corrected chi connectivity index (χ1v) is 5.96. The number of nitrogens with one attached hydrogen (secondary N) is 1. The number of benzene rings is 1. The fourth-order valence-electron chi connectivity index (χ4n) is 1.37. The van der Waals surface area contributed by atoms with Gasteiger partial charge in [0, 0.05) is 4.47 Å². The molecule has 0 spiro atoms. The summed E-state index contributed by atoms with van der Waals surface area (Å²) < 4.78 is 0.909. The number of carboxylic acid groups (broad SMARTS) is 1. The lowest BCUT2D eigenvalue weighted by atomic mass is 10.2. The average Bonchev–Trinajstić information content (AvgIpc) is 2.33. The standard InChI is InChI=1S/C12H10BrN3O2/c1-7-2-3-9(8(13)6-7)14-11-5-4-10(12(17)18)15-16-11/h2-6H,1H3,(H,14,16)(H,17,18). The molecular formula is C12H10BrN3O2. The Bertz CT molecular complexity index is 584. The number of aromatic nitrogens is 2. The topological polar surface area (TPSA) is 75.1 Å². The Labute approximate surface area is 112 Å². The lowest BCUT2D eigenvalue weighted by Crippen LogP contribution is -2.03. The molecule has 1 aromatic carbocycles. The fourth-order valence-corrected chi connectivity index (χ4v) is 1.96. The third-order valence-corrected chi connectivity index (χ3v) is 2.93. The first-order chi connectivity index (χ1) is 8.56. The van der Waals surface area contributed by atoms with Crippen LogP contribution < -0.4 is 5.32 Å². The molecule has 0 saturated carbocycles. The normalized spacial score (nSPS) is 10.1. The second kappa shape index (κ2) is 5.14. The molecule has 2 aromatic rings. The molecular weight excluding hydrogens is 298 g/mol. The van der Waals surface area contributed by atoms with Crippen LogP contribution >= 0.6 is 15.9 Å². The number of aromatic carboxylic acids is 1. The summed E-state index contributed by atoms with van der Waals surface area (Å²) in [5.74, 6) is -0.602. The number of anilines is 2. The predicted molar refractivity (Wildman–Crippen MR) is 71.2 cm³/mol. The Morgan fingerprint density at radius 1 is 1.28 bits per heavy atom. The Balaban J connectivity index is 2.21. The van der Waals surface area contributed by atoms with Gasteiger partial charge in [0.2, 0.25) is 0 Å². The van der Waals surface area contributed by atoms with Gasteiger partial charge in [-0.15, -0.1) is 10.2 Å². The smallest absolute Gasteiger partial charge is 0.356 e.